The maximum absolute atomic E-state index is 14.2. The van der Waals surface area contributed by atoms with Gasteiger partial charge in [-0.05, 0) is 36.6 Å². The molecule has 1 saturated carbocycles. The fraction of sp³-hybridized carbons (Fsp3) is 0.320. The van der Waals surface area contributed by atoms with Gasteiger partial charge in [-0.25, -0.2) is 22.8 Å². The van der Waals surface area contributed by atoms with Crippen LogP contribution in [0.3, 0.4) is 0 Å². The monoisotopic (exact) mass is 478 g/mol. The molecule has 2 fully saturated rings. The predicted octanol–water partition coefficient (Wildman–Crippen LogP) is 3.34. The van der Waals surface area contributed by atoms with Gasteiger partial charge in [-0.15, -0.1) is 0 Å². The Balaban J connectivity index is 1.31. The summed E-state index contributed by atoms with van der Waals surface area (Å²) in [4.78, 5) is 25.8. The van der Waals surface area contributed by atoms with E-state index in [1.165, 1.54) is 11.6 Å². The summed E-state index contributed by atoms with van der Waals surface area (Å²) in [6, 6.07) is 12.3. The molecule has 1 saturated heterocycles. The van der Waals surface area contributed by atoms with Crippen LogP contribution in [-0.4, -0.2) is 60.3 Å². The van der Waals surface area contributed by atoms with Crippen molar-refractivity contribution >= 4 is 27.4 Å². The minimum absolute atomic E-state index is 0.00111. The van der Waals surface area contributed by atoms with Crippen LogP contribution < -0.4 is 4.90 Å². The van der Waals surface area contributed by atoms with Gasteiger partial charge >= 0.3 is 0 Å². The first-order valence-electron chi connectivity index (χ1n) is 11.3. The Morgan fingerprint density at radius 3 is 2.38 bits per heavy atom. The summed E-state index contributed by atoms with van der Waals surface area (Å²) in [5.41, 5.74) is 3.74. The molecular formula is C25H23FN4O3S. The number of fused-ring (bicyclic) bond motifs is 2. The number of halogens is 1. The van der Waals surface area contributed by atoms with Crippen molar-refractivity contribution in [1.29, 1.82) is 0 Å². The average Bonchev–Trinajstić information content (AvgIpc) is 3.55. The zero-order valence-corrected chi connectivity index (χ0v) is 19.3. The third-order valence-electron chi connectivity index (χ3n) is 7.12. The highest BCUT2D eigenvalue weighted by Crippen LogP contribution is 2.57. The first-order valence-corrected chi connectivity index (χ1v) is 13.2. The topological polar surface area (TPSA) is 83.5 Å². The minimum Gasteiger partial charge on any atom is -0.337 e. The van der Waals surface area contributed by atoms with Crippen LogP contribution in [0.15, 0.2) is 54.9 Å². The second-order valence-electron chi connectivity index (χ2n) is 9.29. The quantitative estimate of drug-likeness (QED) is 0.574. The van der Waals surface area contributed by atoms with Gasteiger partial charge in [0.1, 0.15) is 5.82 Å². The van der Waals surface area contributed by atoms with E-state index in [1.54, 1.807) is 35.5 Å². The number of carbonyl (C=O) groups excluding carboxylic acids is 1. The molecule has 1 amide bonds. The van der Waals surface area contributed by atoms with Gasteiger partial charge in [0, 0.05) is 59.8 Å². The van der Waals surface area contributed by atoms with Gasteiger partial charge < -0.3 is 9.80 Å². The molecule has 0 atom stereocenters. The van der Waals surface area contributed by atoms with Gasteiger partial charge in [0.2, 0.25) is 5.95 Å². The van der Waals surface area contributed by atoms with E-state index in [0.717, 1.165) is 25.1 Å². The van der Waals surface area contributed by atoms with Crippen molar-refractivity contribution in [3.05, 3.63) is 71.8 Å². The van der Waals surface area contributed by atoms with E-state index < -0.39 is 9.84 Å². The second kappa shape index (κ2) is 7.59. The van der Waals surface area contributed by atoms with Gasteiger partial charge in [0.25, 0.3) is 5.91 Å². The van der Waals surface area contributed by atoms with Crippen LogP contribution in [0.25, 0.3) is 11.1 Å². The maximum atomic E-state index is 14.2. The van der Waals surface area contributed by atoms with E-state index in [4.69, 9.17) is 0 Å². The molecule has 0 radical (unpaired) electrons. The molecule has 0 bridgehead atoms. The van der Waals surface area contributed by atoms with Crippen LogP contribution in [0, 0.1) is 5.82 Å². The molecule has 3 aromatic rings. The van der Waals surface area contributed by atoms with E-state index in [-0.39, 0.29) is 41.7 Å². The molecule has 174 valence electrons. The molecule has 3 heterocycles. The van der Waals surface area contributed by atoms with Gasteiger partial charge in [-0.2, -0.15) is 0 Å². The highest BCUT2D eigenvalue weighted by molar-refractivity contribution is 7.91. The van der Waals surface area contributed by atoms with Gasteiger partial charge in [-0.1, -0.05) is 24.3 Å². The van der Waals surface area contributed by atoms with Crippen LogP contribution in [0.4, 0.5) is 16.0 Å². The van der Waals surface area contributed by atoms with Crippen LogP contribution in [-0.2, 0) is 15.3 Å². The second-order valence-corrected chi connectivity index (χ2v) is 11.6. The Labute approximate surface area is 197 Å². The summed E-state index contributed by atoms with van der Waals surface area (Å²) >= 11 is 0. The Bertz CT molecular complexity index is 1390. The lowest BCUT2D eigenvalue weighted by Gasteiger charge is -2.27. The molecule has 6 rings (SSSR count). The van der Waals surface area contributed by atoms with Crippen molar-refractivity contribution in [3.63, 3.8) is 0 Å². The molecular weight excluding hydrogens is 455 g/mol. The van der Waals surface area contributed by atoms with Crippen molar-refractivity contribution in [2.75, 3.05) is 36.0 Å². The Kier molecular flexibility index (Phi) is 4.74. The molecule has 1 aromatic heterocycles. The number of hydrogen-bond donors (Lipinski definition) is 0. The lowest BCUT2D eigenvalue weighted by atomic mass is 9.97. The number of benzene rings is 2. The van der Waals surface area contributed by atoms with E-state index >= 15 is 0 Å². The Morgan fingerprint density at radius 1 is 1.00 bits per heavy atom. The SMILES string of the molecule is O=C(c1ccc2c(c1)N(c1ncc(-c3ccccc3F)cn1)CC21CC1)N1CCS(=O)(=O)CC1. The largest absolute Gasteiger partial charge is 0.337 e. The van der Waals surface area contributed by atoms with Gasteiger partial charge in [-0.3, -0.25) is 4.79 Å². The minimum atomic E-state index is -3.06. The third kappa shape index (κ3) is 3.55. The number of nitrogens with zero attached hydrogens (tertiary/aromatic N) is 4. The van der Waals surface area contributed by atoms with E-state index in [2.05, 4.69) is 9.97 Å². The normalized spacial score (nSPS) is 19.8. The number of amides is 1. The van der Waals surface area contributed by atoms with Gasteiger partial charge in [0.15, 0.2) is 9.84 Å². The van der Waals surface area contributed by atoms with Crippen molar-refractivity contribution in [3.8, 4) is 11.1 Å². The number of anilines is 2. The van der Waals surface area contributed by atoms with E-state index in [1.807, 2.05) is 23.1 Å². The zero-order valence-electron chi connectivity index (χ0n) is 18.4. The lowest BCUT2D eigenvalue weighted by molar-refractivity contribution is 0.0770. The zero-order chi connectivity index (χ0) is 23.5. The highest BCUT2D eigenvalue weighted by atomic mass is 32.2. The highest BCUT2D eigenvalue weighted by Gasteiger charge is 2.52. The van der Waals surface area contributed by atoms with Crippen molar-refractivity contribution in [2.24, 2.45) is 0 Å². The summed E-state index contributed by atoms with van der Waals surface area (Å²) < 4.78 is 37.6. The molecule has 1 spiro atoms. The van der Waals surface area contributed by atoms with E-state index in [9.17, 15) is 17.6 Å². The number of carbonyl (C=O) groups is 1. The van der Waals surface area contributed by atoms with Crippen molar-refractivity contribution in [1.82, 2.24) is 14.9 Å². The molecule has 7 nitrogen and oxygen atoms in total. The van der Waals surface area contributed by atoms with Crippen molar-refractivity contribution < 1.29 is 17.6 Å². The lowest BCUT2D eigenvalue weighted by Crippen LogP contribution is -2.43. The molecule has 3 aliphatic rings. The molecule has 9 heteroatoms. The summed E-state index contributed by atoms with van der Waals surface area (Å²) in [5, 5.41) is 0. The first kappa shape index (κ1) is 21.2. The number of sulfone groups is 1. The summed E-state index contributed by atoms with van der Waals surface area (Å²) in [7, 11) is -3.06. The fourth-order valence-corrected chi connectivity index (χ4v) is 6.16. The third-order valence-corrected chi connectivity index (χ3v) is 8.73. The summed E-state index contributed by atoms with van der Waals surface area (Å²) in [6.07, 6.45) is 5.39. The van der Waals surface area contributed by atoms with Crippen LogP contribution in [0.2, 0.25) is 0 Å². The smallest absolute Gasteiger partial charge is 0.253 e. The number of rotatable bonds is 3. The first-order chi connectivity index (χ1) is 16.4. The molecule has 2 aromatic carbocycles. The van der Waals surface area contributed by atoms with Crippen LogP contribution >= 0.6 is 0 Å². The van der Waals surface area contributed by atoms with E-state index in [0.29, 0.717) is 22.6 Å². The predicted molar refractivity (Wildman–Crippen MR) is 126 cm³/mol. The van der Waals surface area contributed by atoms with Crippen molar-refractivity contribution in [2.45, 2.75) is 18.3 Å². The summed E-state index contributed by atoms with van der Waals surface area (Å²) in [6.45, 7) is 1.17. The molecule has 2 aliphatic heterocycles. The molecule has 1 aliphatic carbocycles. The molecule has 34 heavy (non-hydrogen) atoms. The van der Waals surface area contributed by atoms with Crippen LogP contribution in [0.1, 0.15) is 28.8 Å². The Hall–Kier alpha value is -3.33. The fourth-order valence-electron chi connectivity index (χ4n) is 4.96. The molecule has 0 unspecified atom stereocenters. The summed E-state index contributed by atoms with van der Waals surface area (Å²) in [5.74, 6) is 0.0300. The average molecular weight is 479 g/mol. The van der Waals surface area contributed by atoms with Crippen LogP contribution in [0.5, 0.6) is 0 Å². The molecule has 0 N–H and O–H groups in total. The standard InChI is InChI=1S/C25H23FN4O3S/c26-21-4-2-1-3-19(21)18-14-27-24(28-15-18)30-16-25(7-8-25)20-6-5-17(13-22(20)30)23(31)29-9-11-34(32,33)12-10-29/h1-6,13-15H,7-12,16H2. The van der Waals surface area contributed by atoms with Gasteiger partial charge in [0.05, 0.1) is 11.5 Å². The number of hydrogen-bond acceptors (Lipinski definition) is 6. The Morgan fingerprint density at radius 2 is 1.71 bits per heavy atom. The maximum Gasteiger partial charge on any atom is 0.253 e. The number of aromatic nitrogens is 2.